The van der Waals surface area contributed by atoms with Crippen LogP contribution >= 0.6 is 0 Å². The van der Waals surface area contributed by atoms with Gasteiger partial charge >= 0.3 is 6.73 Å². The number of hydrogen-bond acceptors (Lipinski definition) is 3. The van der Waals surface area contributed by atoms with Crippen LogP contribution in [0.15, 0.2) is 18.2 Å². The monoisotopic (exact) mass is 371 g/mol. The molecule has 1 fully saturated rings. The predicted octanol–water partition coefficient (Wildman–Crippen LogP) is 4.38. The highest BCUT2D eigenvalue weighted by atomic mass is 16.5. The lowest BCUT2D eigenvalue weighted by molar-refractivity contribution is 0.0869. The maximum Gasteiger partial charge on any atom is 0.357 e. The van der Waals surface area contributed by atoms with Crippen LogP contribution in [-0.2, 0) is 12.8 Å². The van der Waals surface area contributed by atoms with Gasteiger partial charge in [-0.15, -0.1) is 0 Å². The molecule has 148 valence electrons. The number of benzene rings is 1. The smallest absolute Gasteiger partial charge is 0.357 e. The average Bonchev–Trinajstić information content (AvgIpc) is 2.97. The fourth-order valence-electron chi connectivity index (χ4n) is 5.20. The van der Waals surface area contributed by atoms with E-state index in [1.54, 1.807) is 0 Å². The Kier molecular flexibility index (Phi) is 7.15. The zero-order valence-corrected chi connectivity index (χ0v) is 16.4. The number of ether oxygens (including phenoxy) is 1. The van der Waals surface area contributed by atoms with Crippen LogP contribution in [0.5, 0.6) is 5.75 Å². The molecule has 3 rings (SSSR count). The number of hydrogen-bond donors (Lipinski definition) is 2. The Labute approximate surface area is 163 Å². The van der Waals surface area contributed by atoms with Crippen LogP contribution in [0.3, 0.4) is 0 Å². The summed E-state index contributed by atoms with van der Waals surface area (Å²) in [7, 11) is 0. The lowest BCUT2D eigenvalue weighted by Gasteiger charge is -2.32. The first kappa shape index (κ1) is 20.2. The predicted molar refractivity (Wildman–Crippen MR) is 106 cm³/mol. The molecular weight excluding hydrogens is 338 g/mol. The summed E-state index contributed by atoms with van der Waals surface area (Å²) in [6.45, 7) is 9.19. The second-order valence-electron chi connectivity index (χ2n) is 8.35. The van der Waals surface area contributed by atoms with Gasteiger partial charge in [-0.25, -0.2) is 6.57 Å². The molecule has 4 heteroatoms. The fourth-order valence-corrected chi connectivity index (χ4v) is 5.20. The van der Waals surface area contributed by atoms with Crippen molar-refractivity contribution in [2.45, 2.75) is 76.9 Å². The fraction of sp³-hybridized carbons (Fsp3) is 0.696. The molecule has 2 N–H and O–H groups in total. The van der Waals surface area contributed by atoms with E-state index in [0.717, 1.165) is 50.7 Å². The van der Waals surface area contributed by atoms with Gasteiger partial charge < -0.3 is 14.9 Å². The Morgan fingerprint density at radius 2 is 2.11 bits per heavy atom. The molecule has 0 spiro atoms. The largest absolute Gasteiger partial charge is 0.426 e. The highest BCUT2D eigenvalue weighted by Crippen LogP contribution is 2.48. The van der Waals surface area contributed by atoms with Gasteiger partial charge in [0.25, 0.3) is 0 Å². The summed E-state index contributed by atoms with van der Waals surface area (Å²) in [5.41, 5.74) is 2.54. The lowest BCUT2D eigenvalue weighted by atomic mass is 9.73. The van der Waals surface area contributed by atoms with Gasteiger partial charge in [-0.1, -0.05) is 38.3 Å². The van der Waals surface area contributed by atoms with Gasteiger partial charge in [-0.05, 0) is 73.5 Å². The van der Waals surface area contributed by atoms with Crippen LogP contribution in [0, 0.1) is 24.3 Å². The minimum atomic E-state index is -0.259. The van der Waals surface area contributed by atoms with Crippen LogP contribution in [0.1, 0.15) is 63.0 Å². The van der Waals surface area contributed by atoms with E-state index in [0.29, 0.717) is 11.8 Å². The van der Waals surface area contributed by atoms with E-state index in [1.807, 2.05) is 12.1 Å². The first-order chi connectivity index (χ1) is 13.1. The first-order valence-corrected chi connectivity index (χ1v) is 10.6. The van der Waals surface area contributed by atoms with Crippen molar-refractivity contribution in [3.8, 4) is 5.75 Å². The lowest BCUT2D eigenvalue weighted by Crippen LogP contribution is -2.28. The summed E-state index contributed by atoms with van der Waals surface area (Å²) in [6, 6.07) is 6.13. The molecule has 1 unspecified atom stereocenters. The standard InChI is InChI=1S/C23H33NO3/c1-3-4-5-8-18(25)10-11-19-20-12-16-7-6-9-23(27-15-24-2)21(16)13-17(20)14-22(19)26/h6-7,9,17-20,22,25-26H,3-5,8,10-15H2,1H3/t17?,18-,19+,20-,22+/m0/s1. The van der Waals surface area contributed by atoms with Crippen LogP contribution in [0.25, 0.3) is 4.85 Å². The van der Waals surface area contributed by atoms with Crippen LogP contribution in [0.2, 0.25) is 0 Å². The molecule has 27 heavy (non-hydrogen) atoms. The molecule has 0 saturated heterocycles. The topological polar surface area (TPSA) is 54.0 Å². The van der Waals surface area contributed by atoms with Gasteiger partial charge in [0, 0.05) is 0 Å². The van der Waals surface area contributed by atoms with E-state index >= 15 is 0 Å². The number of unbranched alkanes of at least 4 members (excludes halogenated alkanes) is 2. The van der Waals surface area contributed by atoms with Crippen molar-refractivity contribution < 1.29 is 14.9 Å². The molecule has 2 aliphatic carbocycles. The van der Waals surface area contributed by atoms with Crippen molar-refractivity contribution >= 4 is 0 Å². The maximum atomic E-state index is 10.7. The minimum absolute atomic E-state index is 0.0612. The Bertz CT molecular complexity index is 654. The Morgan fingerprint density at radius 3 is 2.89 bits per heavy atom. The zero-order chi connectivity index (χ0) is 19.2. The molecule has 2 aliphatic rings. The molecule has 1 aromatic rings. The Morgan fingerprint density at radius 1 is 1.26 bits per heavy atom. The maximum absolute atomic E-state index is 10.7. The summed E-state index contributed by atoms with van der Waals surface area (Å²) in [6.07, 6.45) is 8.32. The Balaban J connectivity index is 1.62. The molecular formula is C23H33NO3. The van der Waals surface area contributed by atoms with Crippen molar-refractivity contribution in [2.24, 2.45) is 17.8 Å². The quantitative estimate of drug-likeness (QED) is 0.500. The van der Waals surface area contributed by atoms with Gasteiger partial charge in [-0.2, -0.15) is 0 Å². The van der Waals surface area contributed by atoms with Crippen molar-refractivity contribution in [1.82, 2.24) is 0 Å². The molecule has 0 amide bonds. The van der Waals surface area contributed by atoms with Crippen LogP contribution in [0.4, 0.5) is 0 Å². The van der Waals surface area contributed by atoms with Crippen molar-refractivity contribution in [2.75, 3.05) is 6.73 Å². The van der Waals surface area contributed by atoms with E-state index in [9.17, 15) is 10.2 Å². The first-order valence-electron chi connectivity index (χ1n) is 10.6. The van der Waals surface area contributed by atoms with Crippen molar-refractivity contribution in [3.63, 3.8) is 0 Å². The van der Waals surface area contributed by atoms with E-state index in [4.69, 9.17) is 11.3 Å². The number of fused-ring (bicyclic) bond motifs is 2. The van der Waals surface area contributed by atoms with Gasteiger partial charge in [0.05, 0.1) is 12.2 Å². The van der Waals surface area contributed by atoms with Crippen molar-refractivity contribution in [1.29, 1.82) is 0 Å². The molecule has 1 aromatic carbocycles. The summed E-state index contributed by atoms with van der Waals surface area (Å²) >= 11 is 0. The van der Waals surface area contributed by atoms with E-state index in [-0.39, 0.29) is 24.9 Å². The van der Waals surface area contributed by atoms with E-state index < -0.39 is 0 Å². The molecule has 0 heterocycles. The Hall–Kier alpha value is -1.57. The summed E-state index contributed by atoms with van der Waals surface area (Å²) in [5.74, 6) is 2.10. The molecule has 0 aromatic heterocycles. The number of aliphatic hydroxyl groups is 2. The van der Waals surface area contributed by atoms with Crippen LogP contribution in [-0.4, -0.2) is 29.2 Å². The minimum Gasteiger partial charge on any atom is -0.426 e. The molecule has 4 nitrogen and oxygen atoms in total. The van der Waals surface area contributed by atoms with Gasteiger partial charge in [0.2, 0.25) is 0 Å². The van der Waals surface area contributed by atoms with Crippen LogP contribution < -0.4 is 4.74 Å². The summed E-state index contributed by atoms with van der Waals surface area (Å²) in [4.78, 5) is 3.30. The third-order valence-corrected chi connectivity index (χ3v) is 6.60. The zero-order valence-electron chi connectivity index (χ0n) is 16.4. The molecule has 1 saturated carbocycles. The van der Waals surface area contributed by atoms with E-state index in [2.05, 4.69) is 17.8 Å². The summed E-state index contributed by atoms with van der Waals surface area (Å²) in [5, 5.41) is 21.0. The van der Waals surface area contributed by atoms with Gasteiger partial charge in [0.1, 0.15) is 5.75 Å². The van der Waals surface area contributed by atoms with Crippen molar-refractivity contribution in [3.05, 3.63) is 40.7 Å². The highest BCUT2D eigenvalue weighted by Gasteiger charge is 2.44. The third-order valence-electron chi connectivity index (χ3n) is 6.60. The second kappa shape index (κ2) is 9.57. The SMILES string of the molecule is [C-]#[N+]COc1cccc2c1CC1C[C@@H](O)[C@H](CC[C@@H](O)CCCCC)[C@H]1C2. The second-order valence-corrected chi connectivity index (χ2v) is 8.35. The third kappa shape index (κ3) is 4.83. The number of nitrogens with zero attached hydrogens (tertiary/aromatic N) is 1. The number of aliphatic hydroxyl groups excluding tert-OH is 2. The highest BCUT2D eigenvalue weighted by molar-refractivity contribution is 5.43. The molecule has 5 atom stereocenters. The molecule has 0 aliphatic heterocycles. The van der Waals surface area contributed by atoms with Gasteiger partial charge in [-0.3, -0.25) is 4.85 Å². The average molecular weight is 372 g/mol. The normalized spacial score (nSPS) is 27.5. The van der Waals surface area contributed by atoms with E-state index in [1.165, 1.54) is 24.0 Å². The molecule has 0 radical (unpaired) electrons. The van der Waals surface area contributed by atoms with Gasteiger partial charge in [0.15, 0.2) is 0 Å². The number of rotatable bonds is 9. The molecule has 0 bridgehead atoms. The summed E-state index contributed by atoms with van der Waals surface area (Å²) < 4.78 is 5.63.